The minimum atomic E-state index is -5.13. The fourth-order valence-corrected chi connectivity index (χ4v) is 1.27. The summed E-state index contributed by atoms with van der Waals surface area (Å²) in [5.74, 6) is -1.58. The molecule has 0 amide bonds. The molecule has 0 atom stereocenters. The Hall–Kier alpha value is -2.11. The molecule has 0 fully saturated rings. The Labute approximate surface area is 97.8 Å². The van der Waals surface area contributed by atoms with Crippen LogP contribution < -0.4 is 10.5 Å². The summed E-state index contributed by atoms with van der Waals surface area (Å²) in [6.45, 7) is 0. The van der Waals surface area contributed by atoms with Gasteiger partial charge in [0.15, 0.2) is 5.75 Å². The number of hydrogen-bond acceptors (Lipinski definition) is 4. The van der Waals surface area contributed by atoms with Crippen LogP contribution in [0.4, 0.5) is 27.8 Å². The fraction of sp³-hybridized carbons (Fsp3) is 0.333. The monoisotopic (exact) mass is 267 g/mol. The van der Waals surface area contributed by atoms with Crippen LogP contribution in [0.2, 0.25) is 0 Å². The normalized spacial score (nSPS) is 11.4. The van der Waals surface area contributed by atoms with Gasteiger partial charge in [-0.05, 0) is 0 Å². The lowest BCUT2D eigenvalue weighted by Gasteiger charge is -2.15. The third-order valence-electron chi connectivity index (χ3n) is 1.92. The number of halogens is 5. The molecule has 4 nitrogen and oxygen atoms in total. The summed E-state index contributed by atoms with van der Waals surface area (Å²) in [4.78, 5) is 3.29. The van der Waals surface area contributed by atoms with Gasteiger partial charge in [0.1, 0.15) is 5.82 Å². The van der Waals surface area contributed by atoms with E-state index in [1.54, 1.807) is 0 Å². The summed E-state index contributed by atoms with van der Waals surface area (Å²) in [5.41, 5.74) is 3.71. The number of nitrogen functional groups attached to an aromatic ring is 1. The highest BCUT2D eigenvalue weighted by Gasteiger charge is 2.34. The Morgan fingerprint density at radius 2 is 2.06 bits per heavy atom. The maximum absolute atomic E-state index is 12.7. The van der Waals surface area contributed by atoms with E-state index < -0.39 is 41.9 Å². The summed E-state index contributed by atoms with van der Waals surface area (Å²) in [6, 6.07) is 1.52. The molecule has 9 heteroatoms. The zero-order valence-corrected chi connectivity index (χ0v) is 8.63. The summed E-state index contributed by atoms with van der Waals surface area (Å²) < 4.78 is 64.9. The molecule has 1 aromatic heterocycles. The highest BCUT2D eigenvalue weighted by molar-refractivity contribution is 5.52. The van der Waals surface area contributed by atoms with E-state index in [-0.39, 0.29) is 0 Å². The van der Waals surface area contributed by atoms with Gasteiger partial charge in [0.25, 0.3) is 6.43 Å². The average Bonchev–Trinajstić information content (AvgIpc) is 2.20. The third kappa shape index (κ3) is 3.19. The van der Waals surface area contributed by atoms with Gasteiger partial charge in [0.2, 0.25) is 0 Å². The molecule has 0 aliphatic rings. The zero-order valence-electron chi connectivity index (χ0n) is 8.63. The van der Waals surface area contributed by atoms with Gasteiger partial charge in [-0.3, -0.25) is 0 Å². The molecular formula is C9H6F5N3O. The number of hydrogen-bond donors (Lipinski definition) is 1. The smallest absolute Gasteiger partial charge is 0.404 e. The van der Waals surface area contributed by atoms with Gasteiger partial charge >= 0.3 is 6.36 Å². The van der Waals surface area contributed by atoms with Crippen molar-refractivity contribution in [1.29, 1.82) is 5.26 Å². The van der Waals surface area contributed by atoms with Gasteiger partial charge in [0.05, 0.1) is 24.3 Å². The molecule has 0 bridgehead atoms. The quantitative estimate of drug-likeness (QED) is 0.854. The second kappa shape index (κ2) is 5.03. The molecule has 0 spiro atoms. The molecular weight excluding hydrogens is 261 g/mol. The number of rotatable bonds is 3. The van der Waals surface area contributed by atoms with Crippen LogP contribution in [0.25, 0.3) is 0 Å². The number of nitriles is 1. The summed E-state index contributed by atoms with van der Waals surface area (Å²) >= 11 is 0. The molecule has 0 aliphatic heterocycles. The van der Waals surface area contributed by atoms with Crippen LogP contribution in [0.1, 0.15) is 17.6 Å². The highest BCUT2D eigenvalue weighted by atomic mass is 19.4. The van der Waals surface area contributed by atoms with Gasteiger partial charge in [0, 0.05) is 5.56 Å². The lowest BCUT2D eigenvalue weighted by atomic mass is 10.1. The highest BCUT2D eigenvalue weighted by Crippen LogP contribution is 2.36. The number of anilines is 1. The molecule has 1 rings (SSSR count). The number of aromatic nitrogens is 1. The Morgan fingerprint density at radius 1 is 1.44 bits per heavy atom. The molecule has 18 heavy (non-hydrogen) atoms. The van der Waals surface area contributed by atoms with Gasteiger partial charge < -0.3 is 10.5 Å². The first-order valence-electron chi connectivity index (χ1n) is 4.44. The van der Waals surface area contributed by atoms with Crippen molar-refractivity contribution in [1.82, 2.24) is 4.98 Å². The molecule has 1 aromatic rings. The zero-order chi connectivity index (χ0) is 13.9. The molecule has 0 saturated heterocycles. The van der Waals surface area contributed by atoms with Crippen LogP contribution in [0.5, 0.6) is 5.75 Å². The Bertz CT molecular complexity index is 480. The van der Waals surface area contributed by atoms with E-state index in [1.807, 2.05) is 0 Å². The van der Waals surface area contributed by atoms with Crippen LogP contribution in [-0.4, -0.2) is 11.3 Å². The van der Waals surface area contributed by atoms with E-state index in [0.29, 0.717) is 6.20 Å². The second-order valence-corrected chi connectivity index (χ2v) is 3.08. The third-order valence-corrected chi connectivity index (χ3v) is 1.92. The number of nitrogens with two attached hydrogens (primary N) is 1. The van der Waals surface area contributed by atoms with Gasteiger partial charge in [-0.2, -0.15) is 5.26 Å². The largest absolute Gasteiger partial charge is 0.573 e. The molecule has 1 heterocycles. The van der Waals surface area contributed by atoms with Crippen molar-refractivity contribution in [2.24, 2.45) is 0 Å². The van der Waals surface area contributed by atoms with Crippen LogP contribution in [0.15, 0.2) is 6.20 Å². The molecule has 0 unspecified atom stereocenters. The van der Waals surface area contributed by atoms with Crippen LogP contribution in [0, 0.1) is 11.3 Å². The number of alkyl halides is 5. The van der Waals surface area contributed by atoms with Crippen molar-refractivity contribution in [2.45, 2.75) is 19.2 Å². The van der Waals surface area contributed by atoms with Crippen LogP contribution in [-0.2, 0) is 6.42 Å². The predicted molar refractivity (Wildman–Crippen MR) is 49.6 cm³/mol. The molecule has 98 valence electrons. The van der Waals surface area contributed by atoms with Crippen molar-refractivity contribution in [3.8, 4) is 11.8 Å². The van der Waals surface area contributed by atoms with Crippen molar-refractivity contribution in [3.05, 3.63) is 17.3 Å². The van der Waals surface area contributed by atoms with Crippen molar-refractivity contribution >= 4 is 5.82 Å². The predicted octanol–water partition coefficient (Wildman–Crippen LogP) is 2.57. The number of ether oxygens (including phenoxy) is 1. The first kappa shape index (κ1) is 14.0. The van der Waals surface area contributed by atoms with E-state index in [9.17, 15) is 22.0 Å². The van der Waals surface area contributed by atoms with E-state index in [4.69, 9.17) is 11.0 Å². The van der Waals surface area contributed by atoms with Crippen LogP contribution >= 0.6 is 0 Å². The molecule has 0 aliphatic carbocycles. The average molecular weight is 267 g/mol. The van der Waals surface area contributed by atoms with E-state index in [2.05, 4.69) is 9.72 Å². The standard InChI is InChI=1S/C9H6F5N3O/c10-7(11)6-4(1-2-15)8(16)17-3-5(6)18-9(12,13)14/h3,7H,1H2,(H2,16,17). The van der Waals surface area contributed by atoms with Crippen LogP contribution in [0.3, 0.4) is 0 Å². The first-order valence-corrected chi connectivity index (χ1v) is 4.44. The maximum Gasteiger partial charge on any atom is 0.573 e. The minimum absolute atomic E-state index is 0.429. The molecule has 2 N–H and O–H groups in total. The Balaban J connectivity index is 3.35. The Kier molecular flexibility index (Phi) is 3.90. The molecule has 0 radical (unpaired) electrons. The minimum Gasteiger partial charge on any atom is -0.404 e. The molecule has 0 aromatic carbocycles. The number of nitrogens with zero attached hydrogens (tertiary/aromatic N) is 2. The fourth-order valence-electron chi connectivity index (χ4n) is 1.27. The van der Waals surface area contributed by atoms with Gasteiger partial charge in [-0.15, -0.1) is 13.2 Å². The Morgan fingerprint density at radius 3 is 2.50 bits per heavy atom. The summed E-state index contributed by atoms with van der Waals surface area (Å²) in [6.07, 6.45) is -8.54. The van der Waals surface area contributed by atoms with Gasteiger partial charge in [-0.25, -0.2) is 13.8 Å². The van der Waals surface area contributed by atoms with E-state index in [1.165, 1.54) is 6.07 Å². The van der Waals surface area contributed by atoms with E-state index >= 15 is 0 Å². The summed E-state index contributed by atoms with van der Waals surface area (Å²) in [7, 11) is 0. The maximum atomic E-state index is 12.7. The molecule has 0 saturated carbocycles. The lowest BCUT2D eigenvalue weighted by molar-refractivity contribution is -0.275. The first-order chi connectivity index (χ1) is 8.26. The SMILES string of the molecule is N#CCc1c(N)ncc(OC(F)(F)F)c1C(F)F. The van der Waals surface area contributed by atoms with E-state index in [0.717, 1.165) is 0 Å². The van der Waals surface area contributed by atoms with Crippen molar-refractivity contribution in [2.75, 3.05) is 5.73 Å². The second-order valence-electron chi connectivity index (χ2n) is 3.08. The van der Waals surface area contributed by atoms with Crippen molar-refractivity contribution in [3.63, 3.8) is 0 Å². The lowest BCUT2D eigenvalue weighted by Crippen LogP contribution is -2.19. The topological polar surface area (TPSA) is 71.9 Å². The number of pyridine rings is 1. The van der Waals surface area contributed by atoms with Crippen molar-refractivity contribution < 1.29 is 26.7 Å². The summed E-state index contributed by atoms with van der Waals surface area (Å²) in [5, 5.41) is 8.43. The van der Waals surface area contributed by atoms with Gasteiger partial charge in [-0.1, -0.05) is 0 Å².